The van der Waals surface area contributed by atoms with Crippen molar-refractivity contribution < 1.29 is 0 Å². The lowest BCUT2D eigenvalue weighted by Gasteiger charge is -2.36. The van der Waals surface area contributed by atoms with Gasteiger partial charge in [-0.2, -0.15) is 0 Å². The molecule has 1 nitrogen and oxygen atoms in total. The van der Waals surface area contributed by atoms with E-state index in [1.165, 1.54) is 5.57 Å². The van der Waals surface area contributed by atoms with Gasteiger partial charge in [-0.15, -0.1) is 0 Å². The second-order valence-corrected chi connectivity index (χ2v) is 4.45. The lowest BCUT2D eigenvalue weighted by atomic mass is 9.71. The Labute approximate surface area is 81.9 Å². The van der Waals surface area contributed by atoms with Crippen LogP contribution in [0.15, 0.2) is 24.3 Å². The van der Waals surface area contributed by atoms with Crippen molar-refractivity contribution in [3.63, 3.8) is 0 Å². The van der Waals surface area contributed by atoms with Gasteiger partial charge in [0.2, 0.25) is 0 Å². The SMILES string of the molecule is C=C1CC=CC(C)(C)C1CNCC. The first kappa shape index (κ1) is 10.5. The summed E-state index contributed by atoms with van der Waals surface area (Å²) in [6.45, 7) is 13.0. The van der Waals surface area contributed by atoms with E-state index < -0.39 is 0 Å². The van der Waals surface area contributed by atoms with Crippen LogP contribution >= 0.6 is 0 Å². The van der Waals surface area contributed by atoms with Crippen molar-refractivity contribution in [3.05, 3.63) is 24.3 Å². The first-order valence-corrected chi connectivity index (χ1v) is 5.14. The zero-order valence-electron chi connectivity index (χ0n) is 9.06. The molecule has 1 N–H and O–H groups in total. The molecule has 1 aliphatic carbocycles. The van der Waals surface area contributed by atoms with Gasteiger partial charge in [0.05, 0.1) is 0 Å². The molecular weight excluding hydrogens is 158 g/mol. The third-order valence-electron chi connectivity index (χ3n) is 2.92. The van der Waals surface area contributed by atoms with Crippen LogP contribution < -0.4 is 5.32 Å². The fourth-order valence-corrected chi connectivity index (χ4v) is 1.99. The number of allylic oxidation sites excluding steroid dienone is 2. The number of hydrogen-bond acceptors (Lipinski definition) is 1. The van der Waals surface area contributed by atoms with Crippen molar-refractivity contribution in [1.82, 2.24) is 5.32 Å². The largest absolute Gasteiger partial charge is 0.316 e. The standard InChI is InChI=1S/C12H21N/c1-5-13-9-11-10(2)7-6-8-12(11,3)4/h6,8,11,13H,2,5,7,9H2,1,3-4H3. The van der Waals surface area contributed by atoms with Crippen molar-refractivity contribution in [2.75, 3.05) is 13.1 Å². The van der Waals surface area contributed by atoms with Gasteiger partial charge < -0.3 is 5.32 Å². The van der Waals surface area contributed by atoms with Crippen LogP contribution in [0.25, 0.3) is 0 Å². The molecule has 0 aliphatic heterocycles. The first-order chi connectivity index (χ1) is 6.08. The molecule has 0 aromatic carbocycles. The molecule has 0 aromatic rings. The minimum Gasteiger partial charge on any atom is -0.316 e. The summed E-state index contributed by atoms with van der Waals surface area (Å²) < 4.78 is 0. The highest BCUT2D eigenvalue weighted by Gasteiger charge is 2.30. The van der Waals surface area contributed by atoms with Crippen molar-refractivity contribution in [3.8, 4) is 0 Å². The molecule has 0 bridgehead atoms. The highest BCUT2D eigenvalue weighted by atomic mass is 14.9. The summed E-state index contributed by atoms with van der Waals surface area (Å²) in [7, 11) is 0. The molecule has 0 radical (unpaired) electrons. The summed E-state index contributed by atoms with van der Waals surface area (Å²) in [4.78, 5) is 0. The van der Waals surface area contributed by atoms with Crippen LogP contribution in [0.4, 0.5) is 0 Å². The van der Waals surface area contributed by atoms with E-state index in [1.807, 2.05) is 0 Å². The summed E-state index contributed by atoms with van der Waals surface area (Å²) in [6, 6.07) is 0. The van der Waals surface area contributed by atoms with E-state index in [4.69, 9.17) is 0 Å². The average molecular weight is 179 g/mol. The van der Waals surface area contributed by atoms with Crippen molar-refractivity contribution in [1.29, 1.82) is 0 Å². The Morgan fingerprint density at radius 3 is 2.85 bits per heavy atom. The Bertz CT molecular complexity index is 213. The maximum absolute atomic E-state index is 4.15. The fourth-order valence-electron chi connectivity index (χ4n) is 1.99. The van der Waals surface area contributed by atoms with Crippen LogP contribution in [0.2, 0.25) is 0 Å². The van der Waals surface area contributed by atoms with E-state index >= 15 is 0 Å². The van der Waals surface area contributed by atoms with Crippen molar-refractivity contribution in [2.45, 2.75) is 27.2 Å². The van der Waals surface area contributed by atoms with E-state index in [1.54, 1.807) is 0 Å². The maximum Gasteiger partial charge on any atom is 0.00249 e. The minimum absolute atomic E-state index is 0.275. The van der Waals surface area contributed by atoms with Crippen LogP contribution in [0.5, 0.6) is 0 Å². The minimum atomic E-state index is 0.275. The summed E-state index contributed by atoms with van der Waals surface area (Å²) in [5.41, 5.74) is 1.64. The topological polar surface area (TPSA) is 12.0 Å². The molecule has 0 saturated heterocycles. The highest BCUT2D eigenvalue weighted by Crippen LogP contribution is 2.38. The van der Waals surface area contributed by atoms with E-state index in [9.17, 15) is 0 Å². The molecule has 1 aliphatic rings. The summed E-state index contributed by atoms with van der Waals surface area (Å²) in [6.07, 6.45) is 5.62. The Balaban J connectivity index is 2.67. The van der Waals surface area contributed by atoms with Gasteiger partial charge in [0.1, 0.15) is 0 Å². The molecule has 1 unspecified atom stereocenters. The summed E-state index contributed by atoms with van der Waals surface area (Å²) in [5.74, 6) is 0.595. The van der Waals surface area contributed by atoms with Gasteiger partial charge in [-0.1, -0.05) is 45.1 Å². The maximum atomic E-state index is 4.15. The fraction of sp³-hybridized carbons (Fsp3) is 0.667. The van der Waals surface area contributed by atoms with Gasteiger partial charge in [0.15, 0.2) is 0 Å². The van der Waals surface area contributed by atoms with Crippen molar-refractivity contribution in [2.24, 2.45) is 11.3 Å². The van der Waals surface area contributed by atoms with Gasteiger partial charge in [-0.3, -0.25) is 0 Å². The molecule has 0 amide bonds. The van der Waals surface area contributed by atoms with E-state index in [2.05, 4.69) is 44.8 Å². The van der Waals surface area contributed by atoms with Crippen LogP contribution in [-0.2, 0) is 0 Å². The summed E-state index contributed by atoms with van der Waals surface area (Å²) in [5, 5.41) is 3.41. The van der Waals surface area contributed by atoms with Gasteiger partial charge in [0.25, 0.3) is 0 Å². The number of hydrogen-bond donors (Lipinski definition) is 1. The van der Waals surface area contributed by atoms with E-state index in [-0.39, 0.29) is 5.41 Å². The summed E-state index contributed by atoms with van der Waals surface area (Å²) >= 11 is 0. The second-order valence-electron chi connectivity index (χ2n) is 4.45. The van der Waals surface area contributed by atoms with Gasteiger partial charge >= 0.3 is 0 Å². The molecule has 1 rings (SSSR count). The Morgan fingerprint density at radius 2 is 2.31 bits per heavy atom. The van der Waals surface area contributed by atoms with Crippen LogP contribution in [-0.4, -0.2) is 13.1 Å². The molecule has 1 heteroatoms. The molecule has 0 fully saturated rings. The van der Waals surface area contributed by atoms with E-state index in [0.717, 1.165) is 19.5 Å². The average Bonchev–Trinajstić information content (AvgIpc) is 2.02. The van der Waals surface area contributed by atoms with Gasteiger partial charge in [-0.05, 0) is 18.4 Å². The Hall–Kier alpha value is -0.560. The first-order valence-electron chi connectivity index (χ1n) is 5.14. The van der Waals surface area contributed by atoms with Crippen LogP contribution in [0.1, 0.15) is 27.2 Å². The third-order valence-corrected chi connectivity index (χ3v) is 2.92. The molecule has 0 aromatic heterocycles. The van der Waals surface area contributed by atoms with E-state index in [0.29, 0.717) is 5.92 Å². The van der Waals surface area contributed by atoms with Crippen molar-refractivity contribution >= 4 is 0 Å². The molecule has 0 spiro atoms. The van der Waals surface area contributed by atoms with Gasteiger partial charge in [0, 0.05) is 12.5 Å². The Morgan fingerprint density at radius 1 is 1.62 bits per heavy atom. The molecule has 13 heavy (non-hydrogen) atoms. The zero-order chi connectivity index (χ0) is 9.90. The molecule has 0 saturated carbocycles. The Kier molecular flexibility index (Phi) is 3.32. The predicted molar refractivity (Wildman–Crippen MR) is 58.7 cm³/mol. The molecular formula is C12H21N. The monoisotopic (exact) mass is 179 g/mol. The smallest absolute Gasteiger partial charge is 0.00249 e. The third kappa shape index (κ3) is 2.44. The lowest BCUT2D eigenvalue weighted by molar-refractivity contribution is 0.303. The molecule has 74 valence electrons. The molecule has 0 heterocycles. The zero-order valence-corrected chi connectivity index (χ0v) is 9.06. The van der Waals surface area contributed by atoms with Crippen LogP contribution in [0, 0.1) is 11.3 Å². The second kappa shape index (κ2) is 4.10. The highest BCUT2D eigenvalue weighted by molar-refractivity contribution is 5.20. The quantitative estimate of drug-likeness (QED) is 0.657. The normalized spacial score (nSPS) is 26.4. The van der Waals surface area contributed by atoms with Gasteiger partial charge in [-0.25, -0.2) is 0 Å². The molecule has 1 atom stereocenters. The van der Waals surface area contributed by atoms with Crippen LogP contribution in [0.3, 0.4) is 0 Å². The number of rotatable bonds is 3. The predicted octanol–water partition coefficient (Wildman–Crippen LogP) is 2.75. The number of nitrogens with one attached hydrogen (secondary N) is 1. The lowest BCUT2D eigenvalue weighted by Crippen LogP contribution is -2.35.